The van der Waals surface area contributed by atoms with Crippen LogP contribution in [0.15, 0.2) is 14.0 Å². The second-order valence-electron chi connectivity index (χ2n) is 13.5. The van der Waals surface area contributed by atoms with Crippen molar-refractivity contribution in [3.05, 3.63) is 23.4 Å². The molecule has 6 atom stereocenters. The van der Waals surface area contributed by atoms with Crippen molar-refractivity contribution in [2.75, 3.05) is 26.2 Å². The van der Waals surface area contributed by atoms with E-state index in [4.69, 9.17) is 31.4 Å². The Morgan fingerprint density at radius 1 is 0.930 bits per heavy atom. The van der Waals surface area contributed by atoms with Gasteiger partial charge < -0.3 is 67.3 Å². The maximum Gasteiger partial charge on any atom is 0.326 e. The Kier molecular flexibility index (Phi) is 17.1. The van der Waals surface area contributed by atoms with E-state index in [9.17, 15) is 39.0 Å². The van der Waals surface area contributed by atoms with Gasteiger partial charge in [0.15, 0.2) is 23.4 Å². The molecule has 3 saturated heterocycles. The minimum absolute atomic E-state index is 0. The molecule has 12 N–H and O–H groups in total. The van der Waals surface area contributed by atoms with Crippen LogP contribution in [-0.2, 0) is 19.2 Å². The fourth-order valence-electron chi connectivity index (χ4n) is 6.39. The van der Waals surface area contributed by atoms with Crippen LogP contribution in [0.5, 0.6) is 0 Å². The molecule has 3 fully saturated rings. The Morgan fingerprint density at radius 2 is 1.54 bits per heavy atom. The van der Waals surface area contributed by atoms with Crippen LogP contribution in [-0.4, -0.2) is 125 Å². The molecule has 57 heavy (non-hydrogen) atoms. The second-order valence-corrected chi connectivity index (χ2v) is 13.5. The van der Waals surface area contributed by atoms with Gasteiger partial charge in [0.2, 0.25) is 11.8 Å². The van der Waals surface area contributed by atoms with Crippen LogP contribution in [0.25, 0.3) is 0 Å². The number of carboxylic acids is 2. The number of carbonyl (C=O) groups is 6. The van der Waals surface area contributed by atoms with Gasteiger partial charge in [0.1, 0.15) is 18.1 Å². The third-order valence-electron chi connectivity index (χ3n) is 9.32. The summed E-state index contributed by atoms with van der Waals surface area (Å²) in [5.41, 5.74) is 16.5. The summed E-state index contributed by atoms with van der Waals surface area (Å²) in [4.78, 5) is 85.1. The standard InChI is InChI=1S/C17H26N8O5.C15H23N5O6.CH4/c18-16(19)20-7-1-3-10(22-17(29)25-8-2-4-11(25)15(27)28)14-23-13(24-30-14)9-5-6-12(26)21-9;1-8(22)11-3-2-6-20(11)15(25)17-10(7-21)14-18-13(19-26-14)9(16)4-5-12(23)24;/h9-11H,1-8H2,(H,21,26)(H,22,29)(H,27,28)(H4,18,19,20);9-11,21H,2-7,16H2,1H3,(H,17,25)(H,23,24);1H4/t9-,10-,11-;9-,10-,11?;/m00./s1. The number of amides is 5. The lowest BCUT2D eigenvalue weighted by Gasteiger charge is -2.24. The molecule has 0 aromatic carbocycles. The van der Waals surface area contributed by atoms with Gasteiger partial charge in [0.05, 0.1) is 24.7 Å². The number of aliphatic carboxylic acids is 2. The first-order chi connectivity index (χ1) is 26.7. The molecular formula is C33H53N13O11. The van der Waals surface area contributed by atoms with Crippen LogP contribution >= 0.6 is 0 Å². The summed E-state index contributed by atoms with van der Waals surface area (Å²) in [5.74, 6) is -1.67. The Bertz CT molecular complexity index is 1730. The van der Waals surface area contributed by atoms with Gasteiger partial charge in [-0.2, -0.15) is 9.97 Å². The first-order valence-corrected chi connectivity index (χ1v) is 18.2. The van der Waals surface area contributed by atoms with E-state index in [1.54, 1.807) is 0 Å². The van der Waals surface area contributed by atoms with Crippen LogP contribution in [0.3, 0.4) is 0 Å². The fourth-order valence-corrected chi connectivity index (χ4v) is 6.39. The predicted molar refractivity (Wildman–Crippen MR) is 197 cm³/mol. The minimum Gasteiger partial charge on any atom is -0.481 e. The van der Waals surface area contributed by atoms with Crippen LogP contribution in [0.1, 0.15) is 126 Å². The van der Waals surface area contributed by atoms with Gasteiger partial charge in [0, 0.05) is 32.5 Å². The summed E-state index contributed by atoms with van der Waals surface area (Å²) in [7, 11) is 0. The highest BCUT2D eigenvalue weighted by Crippen LogP contribution is 2.26. The highest BCUT2D eigenvalue weighted by atomic mass is 16.5. The van der Waals surface area contributed by atoms with Crippen LogP contribution < -0.4 is 33.2 Å². The fraction of sp³-hybridized carbons (Fsp3) is 0.667. The van der Waals surface area contributed by atoms with E-state index >= 15 is 0 Å². The molecule has 5 rings (SSSR count). The summed E-state index contributed by atoms with van der Waals surface area (Å²) in [6, 6.07) is -5.03. The smallest absolute Gasteiger partial charge is 0.326 e. The lowest BCUT2D eigenvalue weighted by Crippen LogP contribution is -2.47. The molecule has 2 aromatic rings. The van der Waals surface area contributed by atoms with Crippen molar-refractivity contribution in [2.24, 2.45) is 22.2 Å². The summed E-state index contributed by atoms with van der Waals surface area (Å²) < 4.78 is 10.4. The number of aromatic nitrogens is 4. The van der Waals surface area contributed by atoms with Crippen molar-refractivity contribution in [1.82, 2.24) is 46.0 Å². The summed E-state index contributed by atoms with van der Waals surface area (Å²) in [6.45, 7) is 2.09. The average molecular weight is 808 g/mol. The normalized spacial score (nSPS) is 20.3. The number of nitrogens with zero attached hydrogens (tertiary/aromatic N) is 7. The van der Waals surface area contributed by atoms with E-state index in [2.05, 4.69) is 41.2 Å². The van der Waals surface area contributed by atoms with E-state index in [1.165, 1.54) is 16.7 Å². The van der Waals surface area contributed by atoms with Gasteiger partial charge in [-0.05, 0) is 58.3 Å². The number of urea groups is 2. The molecule has 0 saturated carbocycles. The Labute approximate surface area is 327 Å². The summed E-state index contributed by atoms with van der Waals surface area (Å²) in [6.07, 6.45) is 4.20. The van der Waals surface area contributed by atoms with E-state index in [0.29, 0.717) is 70.4 Å². The van der Waals surface area contributed by atoms with Crippen molar-refractivity contribution >= 4 is 41.7 Å². The molecule has 24 heteroatoms. The predicted octanol–water partition coefficient (Wildman–Crippen LogP) is -0.259. The molecule has 0 bridgehead atoms. The topological polar surface area (TPSA) is 374 Å². The van der Waals surface area contributed by atoms with E-state index in [1.807, 2.05) is 0 Å². The monoisotopic (exact) mass is 807 g/mol. The molecule has 0 spiro atoms. The molecule has 3 aliphatic heterocycles. The third-order valence-corrected chi connectivity index (χ3v) is 9.32. The number of hydrogen-bond acceptors (Lipinski definition) is 15. The number of guanidine groups is 1. The number of aliphatic hydroxyl groups is 1. The molecule has 5 amide bonds. The van der Waals surface area contributed by atoms with E-state index in [-0.39, 0.29) is 61.6 Å². The van der Waals surface area contributed by atoms with Crippen molar-refractivity contribution in [3.8, 4) is 0 Å². The Morgan fingerprint density at radius 3 is 2.12 bits per heavy atom. The van der Waals surface area contributed by atoms with Crippen molar-refractivity contribution in [3.63, 3.8) is 0 Å². The number of ketones is 1. The van der Waals surface area contributed by atoms with Gasteiger partial charge in [-0.25, -0.2) is 14.4 Å². The Balaban J connectivity index is 0.000000303. The summed E-state index contributed by atoms with van der Waals surface area (Å²) in [5, 5.41) is 43.3. The lowest BCUT2D eigenvalue weighted by atomic mass is 10.1. The number of likely N-dealkylation sites (tertiary alicyclic amines) is 2. The molecule has 2 aromatic heterocycles. The number of nitrogens with two attached hydrogens (primary N) is 3. The molecule has 3 aliphatic rings. The van der Waals surface area contributed by atoms with Crippen molar-refractivity contribution < 1.29 is 53.1 Å². The maximum atomic E-state index is 12.7. The van der Waals surface area contributed by atoms with Crippen molar-refractivity contribution in [1.29, 1.82) is 0 Å². The van der Waals surface area contributed by atoms with Gasteiger partial charge in [-0.15, -0.1) is 0 Å². The lowest BCUT2D eigenvalue weighted by molar-refractivity contribution is -0.141. The van der Waals surface area contributed by atoms with Crippen LogP contribution in [0, 0.1) is 0 Å². The zero-order valence-electron chi connectivity index (χ0n) is 30.8. The molecule has 24 nitrogen and oxygen atoms in total. The van der Waals surface area contributed by atoms with Crippen LogP contribution in [0.2, 0.25) is 0 Å². The van der Waals surface area contributed by atoms with Gasteiger partial charge >= 0.3 is 24.0 Å². The molecule has 0 aliphatic carbocycles. The molecule has 1 unspecified atom stereocenters. The minimum atomic E-state index is -1.04. The van der Waals surface area contributed by atoms with E-state index in [0.717, 1.165) is 6.42 Å². The molecule has 316 valence electrons. The highest BCUT2D eigenvalue weighted by Gasteiger charge is 2.37. The van der Waals surface area contributed by atoms with E-state index < -0.39 is 60.8 Å². The number of carbonyl (C=O) groups excluding carboxylic acids is 4. The number of aliphatic hydroxyl groups excluding tert-OH is 1. The van der Waals surface area contributed by atoms with Crippen LogP contribution in [0.4, 0.5) is 9.59 Å². The molecule has 5 heterocycles. The van der Waals surface area contributed by atoms with Crippen molar-refractivity contribution in [2.45, 2.75) is 115 Å². The largest absolute Gasteiger partial charge is 0.481 e. The zero-order valence-corrected chi connectivity index (χ0v) is 30.8. The highest BCUT2D eigenvalue weighted by molar-refractivity contribution is 5.87. The van der Waals surface area contributed by atoms with Gasteiger partial charge in [-0.3, -0.25) is 19.4 Å². The van der Waals surface area contributed by atoms with Gasteiger partial charge in [0.25, 0.3) is 5.89 Å². The zero-order chi connectivity index (χ0) is 40.9. The number of aliphatic imine (C=N–C) groups is 1. The quantitative estimate of drug-likeness (QED) is 0.0599. The van der Waals surface area contributed by atoms with Gasteiger partial charge in [-0.1, -0.05) is 17.7 Å². The number of rotatable bonds is 16. The first kappa shape index (κ1) is 45.5. The number of Topliss-reactive ketones (excluding diaryl/α,β-unsaturated/α-hetero) is 1. The third kappa shape index (κ3) is 12.8. The first-order valence-electron chi connectivity index (χ1n) is 18.2. The summed E-state index contributed by atoms with van der Waals surface area (Å²) >= 11 is 0. The second kappa shape index (κ2) is 21.4. The molecule has 0 radical (unpaired) electrons. The maximum absolute atomic E-state index is 12.7. The average Bonchev–Trinajstić information content (AvgIpc) is 4.00. The number of nitrogens with one attached hydrogen (secondary N) is 3. The number of hydrogen-bond donors (Lipinski definition) is 9. The number of carboxylic acid groups (broad SMARTS) is 2. The SMILES string of the molecule is C.CC(=O)C1CCCN1C(=O)N[C@@H](CO)c1nc([C@@H](N)CCC(=O)O)no1.NC(N)=NCCC[C@H](NC(=O)N1CCC[C@H]1C(=O)O)c1nc([C@@H]2CCC(=O)N2)no1. The molecular weight excluding hydrogens is 754 g/mol. The Hall–Kier alpha value is -5.91.